The summed E-state index contributed by atoms with van der Waals surface area (Å²) in [5.74, 6) is -0.127. The van der Waals surface area contributed by atoms with Gasteiger partial charge in [-0.25, -0.2) is 4.98 Å². The molecule has 0 unspecified atom stereocenters. The van der Waals surface area contributed by atoms with Crippen molar-refractivity contribution in [1.29, 1.82) is 0 Å². The summed E-state index contributed by atoms with van der Waals surface area (Å²) in [6.45, 7) is 3.84. The van der Waals surface area contributed by atoms with Crippen molar-refractivity contribution in [3.05, 3.63) is 70.2 Å². The topological polar surface area (TPSA) is 74.7 Å². The lowest BCUT2D eigenvalue weighted by atomic mass is 10.1. The molecule has 8 heteroatoms. The van der Waals surface area contributed by atoms with Gasteiger partial charge in [-0.05, 0) is 44.4 Å². The molecule has 0 amide bonds. The van der Waals surface area contributed by atoms with Crippen LogP contribution in [0.25, 0.3) is 16.7 Å². The zero-order chi connectivity index (χ0) is 20.7. The first-order valence-electron chi connectivity index (χ1n) is 9.14. The van der Waals surface area contributed by atoms with Crippen molar-refractivity contribution in [3.8, 4) is 5.69 Å². The normalized spacial score (nSPS) is 11.3. The fourth-order valence-corrected chi connectivity index (χ4v) is 4.06. The zero-order valence-electron chi connectivity index (χ0n) is 16.7. The highest BCUT2D eigenvalue weighted by molar-refractivity contribution is 7.98. The fourth-order valence-electron chi connectivity index (χ4n) is 3.61. The monoisotopic (exact) mass is 407 g/mol. The Labute approximate surface area is 172 Å². The third kappa shape index (κ3) is 3.29. The van der Waals surface area contributed by atoms with Gasteiger partial charge in [-0.3, -0.25) is 18.8 Å². The summed E-state index contributed by atoms with van der Waals surface area (Å²) < 4.78 is 4.95. The van der Waals surface area contributed by atoms with Crippen LogP contribution in [-0.2, 0) is 13.6 Å². The molecule has 148 valence electrons. The number of benzene rings is 1. The molecule has 4 rings (SSSR count). The van der Waals surface area contributed by atoms with Gasteiger partial charge in [-0.2, -0.15) is 5.10 Å². The number of fused-ring (bicyclic) bond motifs is 1. The lowest BCUT2D eigenvalue weighted by Crippen LogP contribution is -2.24. The fraction of sp³-hybridized carbons (Fsp3) is 0.238. The van der Waals surface area contributed by atoms with Crippen molar-refractivity contribution < 1.29 is 4.79 Å². The van der Waals surface area contributed by atoms with Gasteiger partial charge in [0.2, 0.25) is 0 Å². The Morgan fingerprint density at radius 3 is 2.76 bits per heavy atom. The number of aromatic nitrogens is 5. The lowest BCUT2D eigenvalue weighted by Gasteiger charge is -2.11. The van der Waals surface area contributed by atoms with Crippen LogP contribution in [0.4, 0.5) is 0 Å². The van der Waals surface area contributed by atoms with Crippen molar-refractivity contribution in [2.45, 2.75) is 25.3 Å². The van der Waals surface area contributed by atoms with Gasteiger partial charge in [0.1, 0.15) is 11.7 Å². The third-order valence-corrected chi connectivity index (χ3v) is 5.80. The summed E-state index contributed by atoms with van der Waals surface area (Å²) >= 11 is 1.68. The molecule has 0 N–H and O–H groups in total. The lowest BCUT2D eigenvalue weighted by molar-refractivity contribution is 0.0970. The van der Waals surface area contributed by atoms with Gasteiger partial charge in [-0.15, -0.1) is 11.8 Å². The van der Waals surface area contributed by atoms with Crippen molar-refractivity contribution in [2.75, 3.05) is 6.26 Å². The maximum Gasteiger partial charge on any atom is 0.264 e. The quantitative estimate of drug-likeness (QED) is 0.375. The highest BCUT2D eigenvalue weighted by Gasteiger charge is 2.18. The van der Waals surface area contributed by atoms with E-state index in [1.54, 1.807) is 23.5 Å². The minimum absolute atomic E-state index is 0.0637. The van der Waals surface area contributed by atoms with Crippen LogP contribution in [0.5, 0.6) is 0 Å². The van der Waals surface area contributed by atoms with Crippen molar-refractivity contribution in [2.24, 2.45) is 7.05 Å². The van der Waals surface area contributed by atoms with Gasteiger partial charge >= 0.3 is 0 Å². The number of hydrogen-bond acceptors (Lipinski definition) is 5. The van der Waals surface area contributed by atoms with Gasteiger partial charge < -0.3 is 4.57 Å². The second kappa shape index (κ2) is 7.36. The average Bonchev–Trinajstić information content (AvgIpc) is 3.23. The Balaban J connectivity index is 1.70. The Morgan fingerprint density at radius 1 is 1.21 bits per heavy atom. The molecule has 0 saturated heterocycles. The van der Waals surface area contributed by atoms with Gasteiger partial charge in [0, 0.05) is 34.6 Å². The van der Waals surface area contributed by atoms with Crippen LogP contribution in [0.3, 0.4) is 0 Å². The Hall–Kier alpha value is -3.13. The van der Waals surface area contributed by atoms with E-state index in [0.29, 0.717) is 16.6 Å². The number of hydrogen-bond donors (Lipinski definition) is 0. The second-order valence-electron chi connectivity index (χ2n) is 6.93. The molecule has 29 heavy (non-hydrogen) atoms. The van der Waals surface area contributed by atoms with E-state index in [-0.39, 0.29) is 17.9 Å². The van der Waals surface area contributed by atoms with Crippen molar-refractivity contribution >= 4 is 28.6 Å². The molecule has 3 aromatic heterocycles. The maximum atomic E-state index is 13.0. The van der Waals surface area contributed by atoms with Gasteiger partial charge in [0.25, 0.3) is 5.56 Å². The number of Topliss-reactive ketones (excluding diaryl/α,β-unsaturated/α-hetero) is 1. The first-order chi connectivity index (χ1) is 13.9. The van der Waals surface area contributed by atoms with Crippen LogP contribution in [-0.4, -0.2) is 35.9 Å². The summed E-state index contributed by atoms with van der Waals surface area (Å²) in [4.78, 5) is 31.1. The number of carbonyl (C=O) groups is 1. The summed E-state index contributed by atoms with van der Waals surface area (Å²) in [6.07, 6.45) is 4.93. The Morgan fingerprint density at radius 2 is 2.00 bits per heavy atom. The third-order valence-electron chi connectivity index (χ3n) is 5.08. The number of ketones is 1. The van der Waals surface area contributed by atoms with Crippen LogP contribution >= 0.6 is 11.8 Å². The van der Waals surface area contributed by atoms with E-state index >= 15 is 0 Å². The first-order valence-corrected chi connectivity index (χ1v) is 10.4. The minimum Gasteiger partial charge on any atom is -0.318 e. The van der Waals surface area contributed by atoms with Gasteiger partial charge in [0.15, 0.2) is 11.4 Å². The molecule has 0 radical (unpaired) electrons. The van der Waals surface area contributed by atoms with Gasteiger partial charge in [-0.1, -0.05) is 6.07 Å². The van der Waals surface area contributed by atoms with E-state index in [9.17, 15) is 9.59 Å². The molecule has 1 aromatic carbocycles. The predicted octanol–water partition coefficient (Wildman–Crippen LogP) is 3.14. The molecule has 0 atom stereocenters. The van der Waals surface area contributed by atoms with E-state index in [4.69, 9.17) is 0 Å². The van der Waals surface area contributed by atoms with Crippen LogP contribution in [0.2, 0.25) is 0 Å². The molecule has 0 fully saturated rings. The molecule has 0 spiro atoms. The number of rotatable bonds is 5. The van der Waals surface area contributed by atoms with E-state index in [1.807, 2.05) is 38.3 Å². The molecule has 0 aliphatic rings. The minimum atomic E-state index is -0.266. The molecule has 0 aliphatic heterocycles. The smallest absolute Gasteiger partial charge is 0.264 e. The van der Waals surface area contributed by atoms with E-state index < -0.39 is 0 Å². The van der Waals surface area contributed by atoms with Gasteiger partial charge in [0.05, 0.1) is 12.7 Å². The standard InChI is InChI=1S/C21H21N5O2S/c1-13-8-17(14(2)26(13)15-6-5-7-16(9-15)29-4)19(27)11-25-12-22-20-18(21(25)28)10-23-24(20)3/h5-10,12H,11H2,1-4H3. The summed E-state index contributed by atoms with van der Waals surface area (Å²) in [6, 6.07) is 10.1. The number of carbonyl (C=O) groups excluding carboxylic acids is 1. The first kappa shape index (κ1) is 19.2. The van der Waals surface area contributed by atoms with Crippen LogP contribution in [0.1, 0.15) is 21.7 Å². The molecule has 3 heterocycles. The predicted molar refractivity (Wildman–Crippen MR) is 114 cm³/mol. The maximum absolute atomic E-state index is 13.0. The highest BCUT2D eigenvalue weighted by atomic mass is 32.2. The summed E-state index contributed by atoms with van der Waals surface area (Å²) in [5.41, 5.74) is 3.69. The van der Waals surface area contributed by atoms with E-state index in [0.717, 1.165) is 22.0 Å². The number of aryl methyl sites for hydroxylation is 2. The van der Waals surface area contributed by atoms with Crippen molar-refractivity contribution in [1.82, 2.24) is 23.9 Å². The second-order valence-corrected chi connectivity index (χ2v) is 7.81. The van der Waals surface area contributed by atoms with Crippen molar-refractivity contribution in [3.63, 3.8) is 0 Å². The summed E-state index contributed by atoms with van der Waals surface area (Å²) in [7, 11) is 1.73. The average molecular weight is 407 g/mol. The largest absolute Gasteiger partial charge is 0.318 e. The zero-order valence-corrected chi connectivity index (χ0v) is 17.5. The molecular weight excluding hydrogens is 386 g/mol. The van der Waals surface area contributed by atoms with Crippen LogP contribution in [0, 0.1) is 13.8 Å². The van der Waals surface area contributed by atoms with E-state index in [2.05, 4.69) is 26.8 Å². The summed E-state index contributed by atoms with van der Waals surface area (Å²) in [5, 5.41) is 4.47. The van der Waals surface area contributed by atoms with Crippen LogP contribution < -0.4 is 5.56 Å². The van der Waals surface area contributed by atoms with Crippen LogP contribution in [0.15, 0.2) is 52.5 Å². The molecular formula is C21H21N5O2S. The SMILES string of the molecule is CSc1cccc(-n2c(C)cc(C(=O)Cn3cnc4c(cnn4C)c3=O)c2C)c1. The highest BCUT2D eigenvalue weighted by Crippen LogP contribution is 2.24. The Bertz CT molecular complexity index is 1300. The molecule has 0 bridgehead atoms. The molecule has 0 saturated carbocycles. The number of thioether (sulfide) groups is 1. The molecule has 4 aromatic rings. The number of nitrogens with zero attached hydrogens (tertiary/aromatic N) is 5. The molecule has 7 nitrogen and oxygen atoms in total. The Kier molecular flexibility index (Phi) is 4.87. The van der Waals surface area contributed by atoms with E-state index in [1.165, 1.54) is 17.1 Å². The molecule has 0 aliphatic carbocycles.